The molecular formula is C18H21NO4S. The molecule has 0 unspecified atom stereocenters. The molecule has 24 heavy (non-hydrogen) atoms. The molecule has 0 saturated heterocycles. The first kappa shape index (κ1) is 18.0. The van der Waals surface area contributed by atoms with E-state index >= 15 is 0 Å². The van der Waals surface area contributed by atoms with Crippen molar-refractivity contribution in [1.82, 2.24) is 0 Å². The molecule has 0 saturated carbocycles. The van der Waals surface area contributed by atoms with Crippen molar-refractivity contribution in [1.29, 1.82) is 0 Å². The van der Waals surface area contributed by atoms with Crippen LogP contribution in [0.25, 0.3) is 0 Å². The van der Waals surface area contributed by atoms with Crippen LogP contribution in [0.1, 0.15) is 29.8 Å². The van der Waals surface area contributed by atoms with E-state index in [2.05, 4.69) is 0 Å². The summed E-state index contributed by atoms with van der Waals surface area (Å²) in [7, 11) is -3.78. The van der Waals surface area contributed by atoms with Crippen molar-refractivity contribution < 1.29 is 17.9 Å². The lowest BCUT2D eigenvalue weighted by atomic mass is 10.1. The van der Waals surface area contributed by atoms with E-state index in [0.29, 0.717) is 11.3 Å². The molecule has 0 amide bonds. The van der Waals surface area contributed by atoms with Gasteiger partial charge in [0.1, 0.15) is 0 Å². The van der Waals surface area contributed by atoms with E-state index in [0.717, 1.165) is 0 Å². The number of hydrogen-bond acceptors (Lipinski definition) is 4. The summed E-state index contributed by atoms with van der Waals surface area (Å²) in [4.78, 5) is 12.0. The standard InChI is InChI=1S/C18H21NO4S/c1-4-19(16-9-7-6-8-10-16)24(21,22)17-13-15(12-11-14(17)3)18(20)23-5-2/h6-13H,4-5H2,1-3H3. The summed E-state index contributed by atoms with van der Waals surface area (Å²) in [6.45, 7) is 5.71. The van der Waals surface area contributed by atoms with Crippen molar-refractivity contribution in [2.75, 3.05) is 17.5 Å². The van der Waals surface area contributed by atoms with Crippen LogP contribution in [0, 0.1) is 6.92 Å². The normalized spacial score (nSPS) is 11.1. The Morgan fingerprint density at radius 2 is 1.75 bits per heavy atom. The summed E-state index contributed by atoms with van der Waals surface area (Å²) in [5.41, 5.74) is 1.39. The number of rotatable bonds is 6. The van der Waals surface area contributed by atoms with Crippen molar-refractivity contribution >= 4 is 21.7 Å². The Bertz CT molecular complexity index is 816. The number of ether oxygens (including phenoxy) is 1. The van der Waals surface area contributed by atoms with Gasteiger partial charge in [0, 0.05) is 6.54 Å². The van der Waals surface area contributed by atoms with Gasteiger partial charge >= 0.3 is 5.97 Å². The number of nitrogens with zero attached hydrogens (tertiary/aromatic N) is 1. The first-order valence-electron chi connectivity index (χ1n) is 7.77. The van der Waals surface area contributed by atoms with Crippen LogP contribution < -0.4 is 4.31 Å². The van der Waals surface area contributed by atoms with Crippen LogP contribution in [0.3, 0.4) is 0 Å². The van der Waals surface area contributed by atoms with E-state index in [4.69, 9.17) is 4.74 Å². The van der Waals surface area contributed by atoms with Crippen molar-refractivity contribution in [3.63, 3.8) is 0 Å². The molecule has 0 aliphatic rings. The van der Waals surface area contributed by atoms with Crippen molar-refractivity contribution in [2.24, 2.45) is 0 Å². The van der Waals surface area contributed by atoms with Gasteiger partial charge in [0.05, 0.1) is 22.8 Å². The van der Waals surface area contributed by atoms with E-state index < -0.39 is 16.0 Å². The Hall–Kier alpha value is -2.34. The topological polar surface area (TPSA) is 63.7 Å². The van der Waals surface area contributed by atoms with Crippen molar-refractivity contribution in [3.8, 4) is 0 Å². The third-order valence-electron chi connectivity index (χ3n) is 3.60. The lowest BCUT2D eigenvalue weighted by Gasteiger charge is -2.24. The third kappa shape index (κ3) is 3.59. The second kappa shape index (κ2) is 7.49. The Balaban J connectivity index is 2.52. The van der Waals surface area contributed by atoms with Gasteiger partial charge in [-0.05, 0) is 50.6 Å². The zero-order valence-corrected chi connectivity index (χ0v) is 14.8. The second-order valence-electron chi connectivity index (χ2n) is 5.21. The Morgan fingerprint density at radius 1 is 1.08 bits per heavy atom. The molecule has 2 aromatic carbocycles. The summed E-state index contributed by atoms with van der Waals surface area (Å²) < 4.78 is 32.5. The minimum absolute atomic E-state index is 0.110. The maximum absolute atomic E-state index is 13.1. The summed E-state index contributed by atoms with van der Waals surface area (Å²) in [5.74, 6) is -0.531. The fourth-order valence-electron chi connectivity index (χ4n) is 2.42. The smallest absolute Gasteiger partial charge is 0.338 e. The zero-order valence-electron chi connectivity index (χ0n) is 14.0. The van der Waals surface area contributed by atoms with Gasteiger partial charge < -0.3 is 4.74 Å². The molecule has 0 heterocycles. The molecule has 0 spiro atoms. The highest BCUT2D eigenvalue weighted by atomic mass is 32.2. The number of aryl methyl sites for hydroxylation is 1. The number of sulfonamides is 1. The van der Waals surface area contributed by atoms with Crippen LogP contribution in [0.15, 0.2) is 53.4 Å². The van der Waals surface area contributed by atoms with Gasteiger partial charge in [-0.3, -0.25) is 4.31 Å². The molecule has 128 valence electrons. The van der Waals surface area contributed by atoms with Crippen LogP contribution in [0.5, 0.6) is 0 Å². The highest BCUT2D eigenvalue weighted by Gasteiger charge is 2.26. The summed E-state index contributed by atoms with van der Waals surface area (Å²) in [6, 6.07) is 13.5. The van der Waals surface area contributed by atoms with Gasteiger partial charge in [-0.25, -0.2) is 13.2 Å². The molecule has 0 aliphatic carbocycles. The number of para-hydroxylation sites is 1. The minimum atomic E-state index is -3.78. The van der Waals surface area contributed by atoms with Crippen molar-refractivity contribution in [2.45, 2.75) is 25.7 Å². The molecule has 5 nitrogen and oxygen atoms in total. The Kier molecular flexibility index (Phi) is 5.62. The van der Waals surface area contributed by atoms with Gasteiger partial charge in [0.25, 0.3) is 10.0 Å². The van der Waals surface area contributed by atoms with Crippen LogP contribution in [0.4, 0.5) is 5.69 Å². The number of anilines is 1. The Morgan fingerprint density at radius 3 is 2.33 bits per heavy atom. The maximum Gasteiger partial charge on any atom is 0.338 e. The molecule has 6 heteroatoms. The van der Waals surface area contributed by atoms with Gasteiger partial charge in [0.15, 0.2) is 0 Å². The van der Waals surface area contributed by atoms with Gasteiger partial charge in [-0.1, -0.05) is 24.3 Å². The summed E-state index contributed by atoms with van der Waals surface area (Å²) >= 11 is 0. The molecular weight excluding hydrogens is 326 g/mol. The summed E-state index contributed by atoms with van der Waals surface area (Å²) in [6.07, 6.45) is 0. The predicted molar refractivity (Wildman–Crippen MR) is 93.8 cm³/mol. The molecule has 0 aromatic heterocycles. The van der Waals surface area contributed by atoms with E-state index in [1.165, 1.54) is 10.4 Å². The Labute approximate surface area is 142 Å². The van der Waals surface area contributed by atoms with Gasteiger partial charge in [-0.2, -0.15) is 0 Å². The first-order valence-corrected chi connectivity index (χ1v) is 9.21. The van der Waals surface area contributed by atoms with Crippen LogP contribution in [0.2, 0.25) is 0 Å². The van der Waals surface area contributed by atoms with Crippen LogP contribution in [-0.2, 0) is 14.8 Å². The van der Waals surface area contributed by atoms with E-state index in [-0.39, 0.29) is 23.6 Å². The number of carbonyl (C=O) groups excluding carboxylic acids is 1. The van der Waals surface area contributed by atoms with Gasteiger partial charge in [-0.15, -0.1) is 0 Å². The molecule has 0 radical (unpaired) electrons. The number of esters is 1. The molecule has 0 N–H and O–H groups in total. The van der Waals surface area contributed by atoms with E-state index in [1.54, 1.807) is 57.2 Å². The maximum atomic E-state index is 13.1. The number of benzene rings is 2. The number of hydrogen-bond donors (Lipinski definition) is 0. The predicted octanol–water partition coefficient (Wildman–Crippen LogP) is 3.39. The highest BCUT2D eigenvalue weighted by molar-refractivity contribution is 7.92. The number of carbonyl (C=O) groups is 1. The first-order chi connectivity index (χ1) is 11.4. The lowest BCUT2D eigenvalue weighted by molar-refractivity contribution is 0.0526. The molecule has 2 rings (SSSR count). The van der Waals surface area contributed by atoms with Crippen LogP contribution >= 0.6 is 0 Å². The van der Waals surface area contributed by atoms with E-state index in [1.807, 2.05) is 6.07 Å². The minimum Gasteiger partial charge on any atom is -0.462 e. The van der Waals surface area contributed by atoms with Gasteiger partial charge in [0.2, 0.25) is 0 Å². The summed E-state index contributed by atoms with van der Waals surface area (Å²) in [5, 5.41) is 0. The average Bonchev–Trinajstić information content (AvgIpc) is 2.56. The largest absolute Gasteiger partial charge is 0.462 e. The third-order valence-corrected chi connectivity index (χ3v) is 5.64. The quantitative estimate of drug-likeness (QED) is 0.752. The van der Waals surface area contributed by atoms with E-state index in [9.17, 15) is 13.2 Å². The lowest BCUT2D eigenvalue weighted by Crippen LogP contribution is -2.31. The molecule has 0 atom stereocenters. The highest BCUT2D eigenvalue weighted by Crippen LogP contribution is 2.26. The molecule has 2 aromatic rings. The van der Waals surface area contributed by atoms with Crippen LogP contribution in [-0.4, -0.2) is 27.5 Å². The zero-order chi connectivity index (χ0) is 17.7. The monoisotopic (exact) mass is 347 g/mol. The molecule has 0 aliphatic heterocycles. The molecule has 0 fully saturated rings. The fraction of sp³-hybridized carbons (Fsp3) is 0.278. The average molecular weight is 347 g/mol. The SMILES string of the molecule is CCOC(=O)c1ccc(C)c(S(=O)(=O)N(CC)c2ccccc2)c1. The fourth-order valence-corrected chi connectivity index (χ4v) is 4.15. The molecule has 0 bridgehead atoms. The van der Waals surface area contributed by atoms with Crippen molar-refractivity contribution in [3.05, 3.63) is 59.7 Å². The second-order valence-corrected chi connectivity index (χ2v) is 7.04.